The van der Waals surface area contributed by atoms with Gasteiger partial charge in [0.2, 0.25) is 0 Å². The minimum atomic E-state index is 0.159. The normalized spacial score (nSPS) is 48.2. The van der Waals surface area contributed by atoms with Crippen LogP contribution >= 0.6 is 0 Å². The smallest absolute Gasteiger partial charge is 0.133 e. The lowest BCUT2D eigenvalue weighted by molar-refractivity contribution is -0.121. The van der Waals surface area contributed by atoms with Crippen LogP contribution in [0.3, 0.4) is 0 Å². The van der Waals surface area contributed by atoms with E-state index in [1.165, 1.54) is 0 Å². The van der Waals surface area contributed by atoms with Gasteiger partial charge in [-0.1, -0.05) is 0 Å². The zero-order valence-corrected chi connectivity index (χ0v) is 7.09. The van der Waals surface area contributed by atoms with Crippen LogP contribution in [0.4, 0.5) is 0 Å². The summed E-state index contributed by atoms with van der Waals surface area (Å²) >= 11 is 0. The van der Waals surface area contributed by atoms with Crippen LogP contribution < -0.4 is 0 Å². The quantitative estimate of drug-likeness (QED) is 0.536. The van der Waals surface area contributed by atoms with Gasteiger partial charge in [0, 0.05) is 5.92 Å². The van der Waals surface area contributed by atoms with E-state index in [0.29, 0.717) is 11.9 Å². The minimum Gasteiger partial charge on any atom is -0.366 e. The Morgan fingerprint density at radius 2 is 2.36 bits per heavy atom. The number of carbonyl (C=O) groups is 1. The molecule has 2 aliphatic rings. The summed E-state index contributed by atoms with van der Waals surface area (Å²) in [5.41, 5.74) is 0.159. The molecule has 2 fully saturated rings. The lowest BCUT2D eigenvalue weighted by Gasteiger charge is -2.19. The van der Waals surface area contributed by atoms with E-state index < -0.39 is 0 Å². The van der Waals surface area contributed by atoms with Crippen LogP contribution in [-0.2, 0) is 9.53 Å². The van der Waals surface area contributed by atoms with Crippen molar-refractivity contribution >= 4 is 5.78 Å². The summed E-state index contributed by atoms with van der Waals surface area (Å²) in [6, 6.07) is 0. The molecule has 62 valence electrons. The van der Waals surface area contributed by atoms with Crippen LogP contribution in [0, 0.1) is 5.92 Å². The van der Waals surface area contributed by atoms with Crippen LogP contribution in [0.25, 0.3) is 0 Å². The van der Waals surface area contributed by atoms with E-state index in [4.69, 9.17) is 4.74 Å². The monoisotopic (exact) mass is 154 g/mol. The second-order valence-electron chi connectivity index (χ2n) is 4.00. The van der Waals surface area contributed by atoms with Gasteiger partial charge in [0.1, 0.15) is 5.78 Å². The lowest BCUT2D eigenvalue weighted by Crippen LogP contribution is -2.25. The van der Waals surface area contributed by atoms with E-state index in [1.54, 1.807) is 6.92 Å². The van der Waals surface area contributed by atoms with Crippen molar-refractivity contribution < 1.29 is 9.53 Å². The molecule has 2 nitrogen and oxygen atoms in total. The fourth-order valence-corrected chi connectivity index (χ4v) is 2.01. The molecule has 11 heavy (non-hydrogen) atoms. The number of carbonyl (C=O) groups excluding carboxylic acids is 1. The van der Waals surface area contributed by atoms with Crippen LogP contribution in [0.2, 0.25) is 0 Å². The van der Waals surface area contributed by atoms with E-state index in [2.05, 4.69) is 6.92 Å². The average molecular weight is 154 g/mol. The van der Waals surface area contributed by atoms with E-state index in [0.717, 1.165) is 19.3 Å². The van der Waals surface area contributed by atoms with Crippen LogP contribution in [-0.4, -0.2) is 17.5 Å². The molecule has 0 amide bonds. The molecular weight excluding hydrogens is 140 g/mol. The van der Waals surface area contributed by atoms with Crippen molar-refractivity contribution in [2.75, 3.05) is 0 Å². The third kappa shape index (κ3) is 1.09. The number of ether oxygens (including phenoxy) is 1. The molecular formula is C9H14O2. The summed E-state index contributed by atoms with van der Waals surface area (Å²) in [6.45, 7) is 3.84. The van der Waals surface area contributed by atoms with Gasteiger partial charge in [-0.25, -0.2) is 0 Å². The maximum atomic E-state index is 11.0. The Balaban J connectivity index is 1.98. The molecule has 0 bridgehead atoms. The van der Waals surface area contributed by atoms with Crippen molar-refractivity contribution in [1.29, 1.82) is 0 Å². The van der Waals surface area contributed by atoms with Gasteiger partial charge in [-0.15, -0.1) is 0 Å². The Bertz CT molecular complexity index is 200. The molecule has 1 saturated carbocycles. The highest BCUT2D eigenvalue weighted by Gasteiger charge is 2.55. The fourth-order valence-electron chi connectivity index (χ4n) is 2.01. The first-order chi connectivity index (χ1) is 5.12. The summed E-state index contributed by atoms with van der Waals surface area (Å²) in [6.07, 6.45) is 3.46. The maximum absolute atomic E-state index is 11.0. The Hall–Kier alpha value is -0.370. The van der Waals surface area contributed by atoms with Gasteiger partial charge in [0.15, 0.2) is 0 Å². The summed E-state index contributed by atoms with van der Waals surface area (Å²) in [7, 11) is 0. The lowest BCUT2D eigenvalue weighted by atomic mass is 9.81. The van der Waals surface area contributed by atoms with Crippen molar-refractivity contribution in [3.63, 3.8) is 0 Å². The summed E-state index contributed by atoms with van der Waals surface area (Å²) < 4.78 is 5.49. The molecule has 0 unspecified atom stereocenters. The van der Waals surface area contributed by atoms with Gasteiger partial charge in [-0.3, -0.25) is 4.79 Å². The Morgan fingerprint density at radius 3 is 2.91 bits per heavy atom. The fraction of sp³-hybridized carbons (Fsp3) is 0.889. The van der Waals surface area contributed by atoms with E-state index in [9.17, 15) is 4.79 Å². The highest BCUT2D eigenvalue weighted by atomic mass is 16.6. The van der Waals surface area contributed by atoms with Gasteiger partial charge in [-0.2, -0.15) is 0 Å². The number of rotatable bonds is 1. The average Bonchev–Trinajstić information content (AvgIpc) is 2.58. The van der Waals surface area contributed by atoms with Crippen LogP contribution in [0.5, 0.6) is 0 Å². The minimum absolute atomic E-state index is 0.159. The van der Waals surface area contributed by atoms with Gasteiger partial charge in [-0.05, 0) is 33.1 Å². The molecule has 1 aliphatic heterocycles. The zero-order chi connectivity index (χ0) is 8.06. The van der Waals surface area contributed by atoms with E-state index >= 15 is 0 Å². The van der Waals surface area contributed by atoms with Crippen LogP contribution in [0.15, 0.2) is 0 Å². The van der Waals surface area contributed by atoms with Gasteiger partial charge >= 0.3 is 0 Å². The number of fused-ring (bicyclic) bond motifs is 1. The van der Waals surface area contributed by atoms with Crippen molar-refractivity contribution in [2.24, 2.45) is 5.92 Å². The Labute approximate surface area is 66.9 Å². The molecule has 1 aliphatic carbocycles. The molecule has 0 aromatic rings. The molecule has 0 aromatic carbocycles. The van der Waals surface area contributed by atoms with Gasteiger partial charge < -0.3 is 4.74 Å². The second kappa shape index (κ2) is 2.07. The van der Waals surface area contributed by atoms with Crippen LogP contribution in [0.1, 0.15) is 33.1 Å². The molecule has 1 saturated heterocycles. The predicted octanol–water partition coefficient (Wildman–Crippen LogP) is 1.53. The standard InChI is InChI=1S/C9H14O2/c1-6(10)7-3-4-9(2)8(5-7)11-9/h7-8H,3-5H2,1-2H3/t7-,8-,9+/m0/s1. The number of epoxide rings is 1. The number of Topliss-reactive ketones (excluding diaryl/α,β-unsaturated/α-hetero) is 1. The maximum Gasteiger partial charge on any atom is 0.133 e. The van der Waals surface area contributed by atoms with Crippen molar-refractivity contribution in [3.05, 3.63) is 0 Å². The Kier molecular flexibility index (Phi) is 1.37. The molecule has 1 heterocycles. The third-order valence-electron chi connectivity index (χ3n) is 3.10. The number of hydrogen-bond acceptors (Lipinski definition) is 2. The zero-order valence-electron chi connectivity index (χ0n) is 7.09. The Morgan fingerprint density at radius 1 is 1.64 bits per heavy atom. The van der Waals surface area contributed by atoms with Crippen molar-refractivity contribution in [2.45, 2.75) is 44.8 Å². The molecule has 0 aromatic heterocycles. The third-order valence-corrected chi connectivity index (χ3v) is 3.10. The highest BCUT2D eigenvalue weighted by molar-refractivity contribution is 5.78. The molecule has 0 N–H and O–H groups in total. The number of ketones is 1. The molecule has 0 radical (unpaired) electrons. The predicted molar refractivity (Wildman–Crippen MR) is 41.3 cm³/mol. The van der Waals surface area contributed by atoms with E-state index in [-0.39, 0.29) is 11.5 Å². The van der Waals surface area contributed by atoms with E-state index in [1.807, 2.05) is 0 Å². The van der Waals surface area contributed by atoms with Gasteiger partial charge in [0.05, 0.1) is 11.7 Å². The SMILES string of the molecule is CC(=O)[C@H]1CC[C@@]2(C)O[C@H]2C1. The second-order valence-corrected chi connectivity index (χ2v) is 4.00. The molecule has 3 atom stereocenters. The largest absolute Gasteiger partial charge is 0.366 e. The summed E-state index contributed by atoms with van der Waals surface area (Å²) in [5, 5.41) is 0. The summed E-state index contributed by atoms with van der Waals surface area (Å²) in [4.78, 5) is 11.0. The van der Waals surface area contributed by atoms with Gasteiger partial charge in [0.25, 0.3) is 0 Å². The first kappa shape index (κ1) is 7.29. The number of hydrogen-bond donors (Lipinski definition) is 0. The summed E-state index contributed by atoms with van der Waals surface area (Å²) in [5.74, 6) is 0.623. The van der Waals surface area contributed by atoms with Crippen molar-refractivity contribution in [1.82, 2.24) is 0 Å². The first-order valence-corrected chi connectivity index (χ1v) is 4.30. The molecule has 2 heteroatoms. The highest BCUT2D eigenvalue weighted by Crippen LogP contribution is 2.49. The first-order valence-electron chi connectivity index (χ1n) is 4.30. The molecule has 0 spiro atoms. The van der Waals surface area contributed by atoms with Crippen molar-refractivity contribution in [3.8, 4) is 0 Å². The topological polar surface area (TPSA) is 29.6 Å². The molecule has 2 rings (SSSR count).